The summed E-state index contributed by atoms with van der Waals surface area (Å²) in [5, 5.41) is 13.6. The van der Waals surface area contributed by atoms with Crippen LogP contribution in [0.25, 0.3) is 10.9 Å². The summed E-state index contributed by atoms with van der Waals surface area (Å²) in [6.07, 6.45) is 0.736. The van der Waals surface area contributed by atoms with Gasteiger partial charge in [-0.25, -0.2) is 0 Å². The van der Waals surface area contributed by atoms with Crippen LogP contribution in [0.15, 0.2) is 53.3 Å². The van der Waals surface area contributed by atoms with E-state index in [9.17, 15) is 19.5 Å². The van der Waals surface area contributed by atoms with Crippen LogP contribution in [0.1, 0.15) is 41.0 Å². The van der Waals surface area contributed by atoms with Crippen LogP contribution in [0.3, 0.4) is 0 Å². The van der Waals surface area contributed by atoms with Crippen molar-refractivity contribution in [3.63, 3.8) is 0 Å². The first-order valence-corrected chi connectivity index (χ1v) is 9.36. The van der Waals surface area contributed by atoms with Gasteiger partial charge in [0.15, 0.2) is 0 Å². The lowest BCUT2D eigenvalue weighted by atomic mass is 10.1. The highest BCUT2D eigenvalue weighted by atomic mass is 16.3. The molecule has 3 rings (SSSR count). The molecule has 0 saturated heterocycles. The number of hydrogen-bond donors (Lipinski definition) is 3. The lowest BCUT2D eigenvalue weighted by molar-refractivity contribution is 0.100. The number of aryl methyl sites for hydroxylation is 1. The summed E-state index contributed by atoms with van der Waals surface area (Å²) >= 11 is 0. The van der Waals surface area contributed by atoms with Crippen LogP contribution in [0.4, 0.5) is 5.69 Å². The lowest BCUT2D eigenvalue weighted by Gasteiger charge is -2.16. The van der Waals surface area contributed by atoms with Gasteiger partial charge >= 0.3 is 0 Å². The van der Waals surface area contributed by atoms with Crippen molar-refractivity contribution >= 4 is 28.4 Å². The highest BCUT2D eigenvalue weighted by Gasteiger charge is 2.23. The number of anilines is 1. The Bertz CT molecular complexity index is 1150. The maximum atomic E-state index is 13.1. The van der Waals surface area contributed by atoms with Gasteiger partial charge in [-0.05, 0) is 36.6 Å². The van der Waals surface area contributed by atoms with Gasteiger partial charge in [0.05, 0.1) is 16.8 Å². The van der Waals surface area contributed by atoms with E-state index in [2.05, 4.69) is 5.32 Å². The number of para-hydroxylation sites is 2. The van der Waals surface area contributed by atoms with Gasteiger partial charge in [-0.3, -0.25) is 14.4 Å². The van der Waals surface area contributed by atoms with Gasteiger partial charge in [-0.15, -0.1) is 0 Å². The number of carbonyl (C=O) groups is 2. The summed E-state index contributed by atoms with van der Waals surface area (Å²) in [6.45, 7) is 4.50. The Balaban J connectivity index is 2.13. The third-order valence-electron chi connectivity index (χ3n) is 4.74. The Morgan fingerprint density at radius 1 is 1.10 bits per heavy atom. The van der Waals surface area contributed by atoms with Crippen molar-refractivity contribution in [1.29, 1.82) is 0 Å². The van der Waals surface area contributed by atoms with Crippen molar-refractivity contribution in [3.05, 3.63) is 70.0 Å². The fourth-order valence-electron chi connectivity index (χ4n) is 3.20. The zero-order valence-corrected chi connectivity index (χ0v) is 16.3. The van der Waals surface area contributed by atoms with Gasteiger partial charge in [-0.2, -0.15) is 0 Å². The van der Waals surface area contributed by atoms with Gasteiger partial charge in [-0.1, -0.05) is 38.1 Å². The maximum absolute atomic E-state index is 13.1. The van der Waals surface area contributed by atoms with E-state index in [0.29, 0.717) is 23.4 Å². The van der Waals surface area contributed by atoms with Crippen LogP contribution >= 0.6 is 0 Å². The van der Waals surface area contributed by atoms with Crippen LogP contribution < -0.4 is 16.6 Å². The molecule has 0 aliphatic rings. The molecular weight excluding hydrogens is 370 g/mol. The van der Waals surface area contributed by atoms with Gasteiger partial charge in [0.1, 0.15) is 11.3 Å². The number of benzene rings is 2. The number of amides is 2. The Morgan fingerprint density at radius 3 is 2.45 bits per heavy atom. The number of aromatic nitrogens is 1. The minimum Gasteiger partial charge on any atom is -0.506 e. The van der Waals surface area contributed by atoms with Gasteiger partial charge in [0.25, 0.3) is 17.4 Å². The molecule has 150 valence electrons. The summed E-state index contributed by atoms with van der Waals surface area (Å²) in [5.74, 6) is -1.54. The quantitative estimate of drug-likeness (QED) is 0.597. The molecular formula is C22H23N3O4. The van der Waals surface area contributed by atoms with E-state index in [0.717, 1.165) is 6.42 Å². The van der Waals surface area contributed by atoms with E-state index in [-0.39, 0.29) is 22.6 Å². The number of nitrogens with zero attached hydrogens (tertiary/aromatic N) is 1. The van der Waals surface area contributed by atoms with Crippen molar-refractivity contribution in [2.75, 3.05) is 5.32 Å². The largest absolute Gasteiger partial charge is 0.506 e. The molecule has 29 heavy (non-hydrogen) atoms. The Kier molecular flexibility index (Phi) is 5.68. The zero-order valence-electron chi connectivity index (χ0n) is 16.3. The highest BCUT2D eigenvalue weighted by molar-refractivity contribution is 6.11. The smallest absolute Gasteiger partial charge is 0.267 e. The molecule has 0 spiro atoms. The standard InChI is InChI=1S/C22H23N3O4/c1-13(2)11-12-25-17-10-6-4-8-15(17)19(26)18(22(25)29)21(28)24-16-9-5-3-7-14(16)20(23)27/h3-10,13,26H,11-12H2,1-2H3,(H2,23,27)(H,24,28). The maximum Gasteiger partial charge on any atom is 0.267 e. The SMILES string of the molecule is CC(C)CCn1c(=O)c(C(=O)Nc2ccccc2C(N)=O)c(O)c2ccccc21. The molecule has 0 fully saturated rings. The Hall–Kier alpha value is -3.61. The van der Waals surface area contributed by atoms with Crippen LogP contribution in [0.2, 0.25) is 0 Å². The number of nitrogens with two attached hydrogens (primary N) is 1. The van der Waals surface area contributed by atoms with E-state index in [1.165, 1.54) is 16.7 Å². The monoisotopic (exact) mass is 393 g/mol. The Morgan fingerprint density at radius 2 is 1.76 bits per heavy atom. The second-order valence-electron chi connectivity index (χ2n) is 7.24. The summed E-state index contributed by atoms with van der Waals surface area (Å²) in [7, 11) is 0. The van der Waals surface area contributed by atoms with Crippen LogP contribution in [-0.2, 0) is 6.54 Å². The molecule has 2 aromatic carbocycles. The number of aromatic hydroxyl groups is 1. The number of primary amides is 1. The molecule has 7 nitrogen and oxygen atoms in total. The second-order valence-corrected chi connectivity index (χ2v) is 7.24. The average molecular weight is 393 g/mol. The number of pyridine rings is 1. The van der Waals surface area contributed by atoms with Crippen molar-refractivity contribution in [2.45, 2.75) is 26.8 Å². The number of fused-ring (bicyclic) bond motifs is 1. The normalized spacial score (nSPS) is 11.0. The van der Waals surface area contributed by atoms with E-state index in [1.807, 2.05) is 13.8 Å². The molecule has 1 aromatic heterocycles. The first-order valence-electron chi connectivity index (χ1n) is 9.36. The molecule has 7 heteroatoms. The molecule has 0 atom stereocenters. The molecule has 0 aliphatic carbocycles. The zero-order chi connectivity index (χ0) is 21.1. The molecule has 0 saturated carbocycles. The van der Waals surface area contributed by atoms with Gasteiger partial charge in [0.2, 0.25) is 0 Å². The third-order valence-corrected chi connectivity index (χ3v) is 4.74. The molecule has 2 amide bonds. The van der Waals surface area contributed by atoms with E-state index in [1.54, 1.807) is 36.4 Å². The van der Waals surface area contributed by atoms with E-state index < -0.39 is 17.4 Å². The first kappa shape index (κ1) is 20.1. The molecule has 1 heterocycles. The molecule has 4 N–H and O–H groups in total. The van der Waals surface area contributed by atoms with Gasteiger partial charge < -0.3 is 20.7 Å². The molecule has 0 unspecified atom stereocenters. The molecule has 0 radical (unpaired) electrons. The molecule has 0 bridgehead atoms. The van der Waals surface area contributed by atoms with Crippen LogP contribution in [0, 0.1) is 5.92 Å². The summed E-state index contributed by atoms with van der Waals surface area (Å²) < 4.78 is 1.50. The summed E-state index contributed by atoms with van der Waals surface area (Å²) in [4.78, 5) is 37.7. The van der Waals surface area contributed by atoms with Crippen molar-refractivity contribution in [3.8, 4) is 5.75 Å². The topological polar surface area (TPSA) is 114 Å². The highest BCUT2D eigenvalue weighted by Crippen LogP contribution is 2.27. The minimum absolute atomic E-state index is 0.112. The minimum atomic E-state index is -0.801. The van der Waals surface area contributed by atoms with Crippen LogP contribution in [-0.4, -0.2) is 21.5 Å². The van der Waals surface area contributed by atoms with Crippen molar-refractivity contribution < 1.29 is 14.7 Å². The average Bonchev–Trinajstić information content (AvgIpc) is 2.68. The first-order chi connectivity index (χ1) is 13.8. The number of rotatable bonds is 6. The number of hydrogen-bond acceptors (Lipinski definition) is 4. The third kappa shape index (κ3) is 3.99. The second kappa shape index (κ2) is 8.18. The predicted molar refractivity (Wildman–Crippen MR) is 112 cm³/mol. The number of nitrogens with one attached hydrogen (secondary N) is 1. The van der Waals surface area contributed by atoms with Crippen molar-refractivity contribution in [1.82, 2.24) is 4.57 Å². The van der Waals surface area contributed by atoms with E-state index >= 15 is 0 Å². The van der Waals surface area contributed by atoms with Crippen LogP contribution in [0.5, 0.6) is 5.75 Å². The summed E-state index contributed by atoms with van der Waals surface area (Å²) in [6, 6.07) is 13.1. The fraction of sp³-hybridized carbons (Fsp3) is 0.227. The lowest BCUT2D eigenvalue weighted by Crippen LogP contribution is -2.30. The van der Waals surface area contributed by atoms with Crippen molar-refractivity contribution in [2.24, 2.45) is 11.7 Å². The molecule has 0 aliphatic heterocycles. The Labute approximate surface area is 167 Å². The van der Waals surface area contributed by atoms with E-state index in [4.69, 9.17) is 5.73 Å². The summed E-state index contributed by atoms with van der Waals surface area (Å²) in [5.41, 5.74) is 5.24. The number of carbonyl (C=O) groups excluding carboxylic acids is 2. The predicted octanol–water partition coefficient (Wildman–Crippen LogP) is 3.10. The van der Waals surface area contributed by atoms with Gasteiger partial charge in [0, 0.05) is 11.9 Å². The molecule has 3 aromatic rings. The fourth-order valence-corrected chi connectivity index (χ4v) is 3.20.